The predicted octanol–water partition coefficient (Wildman–Crippen LogP) is 3.98. The Morgan fingerprint density at radius 2 is 2.07 bits per heavy atom. The number of carbonyl (C=O) groups is 2. The Balaban J connectivity index is 1.78. The van der Waals surface area contributed by atoms with Gasteiger partial charge in [-0.25, -0.2) is 9.50 Å². The summed E-state index contributed by atoms with van der Waals surface area (Å²) in [4.78, 5) is 28.5. The van der Waals surface area contributed by atoms with E-state index in [1.54, 1.807) is 19.9 Å². The molecule has 0 saturated heterocycles. The lowest BCUT2D eigenvalue weighted by Gasteiger charge is -2.13. The second-order valence-electron chi connectivity index (χ2n) is 6.46. The van der Waals surface area contributed by atoms with Crippen LogP contribution in [0.3, 0.4) is 0 Å². The molecule has 0 spiro atoms. The number of nitrogens with zero attached hydrogens (tertiary/aromatic N) is 3. The molecule has 2 amide bonds. The van der Waals surface area contributed by atoms with Gasteiger partial charge in [0.2, 0.25) is 5.91 Å². The molecule has 7 nitrogen and oxygen atoms in total. The molecule has 0 bridgehead atoms. The summed E-state index contributed by atoms with van der Waals surface area (Å²) in [6.45, 7) is 3.58. The summed E-state index contributed by atoms with van der Waals surface area (Å²) in [6.07, 6.45) is 1.79. The Kier molecular flexibility index (Phi) is 6.57. The number of aryl methyl sites for hydroxylation is 2. The van der Waals surface area contributed by atoms with Crippen molar-refractivity contribution in [2.75, 3.05) is 5.32 Å². The van der Waals surface area contributed by atoms with E-state index in [0.29, 0.717) is 17.8 Å². The van der Waals surface area contributed by atoms with Crippen LogP contribution in [-0.2, 0) is 11.2 Å². The largest absolute Gasteiger partial charge is 0.365 e. The highest BCUT2D eigenvalue weighted by Gasteiger charge is 2.18. The van der Waals surface area contributed by atoms with E-state index in [9.17, 15) is 18.4 Å². The molecule has 2 aromatic heterocycles. The van der Waals surface area contributed by atoms with E-state index >= 15 is 0 Å². The van der Waals surface area contributed by atoms with Crippen LogP contribution in [0.15, 0.2) is 29.3 Å². The number of hydrogen-bond acceptors (Lipinski definition) is 5. The molecule has 158 valence electrons. The Labute approximate surface area is 180 Å². The number of aromatic nitrogens is 3. The average Bonchev–Trinajstić information content (AvgIpc) is 3.08. The monoisotopic (exact) mass is 453 g/mol. The van der Waals surface area contributed by atoms with Gasteiger partial charge in [-0.05, 0) is 38.0 Å². The van der Waals surface area contributed by atoms with Crippen molar-refractivity contribution in [3.8, 4) is 0 Å². The van der Waals surface area contributed by atoms with E-state index in [2.05, 4.69) is 15.4 Å². The molecule has 0 radical (unpaired) electrons. The minimum Gasteiger partial charge on any atom is -0.365 e. The highest BCUT2D eigenvalue weighted by atomic mass is 35.5. The van der Waals surface area contributed by atoms with Gasteiger partial charge in [-0.1, -0.05) is 29.4 Å². The van der Waals surface area contributed by atoms with E-state index in [1.807, 2.05) is 0 Å². The van der Waals surface area contributed by atoms with E-state index in [1.165, 1.54) is 22.8 Å². The van der Waals surface area contributed by atoms with Crippen LogP contribution in [-0.4, -0.2) is 32.2 Å². The van der Waals surface area contributed by atoms with Gasteiger partial charge in [0.15, 0.2) is 5.65 Å². The highest BCUT2D eigenvalue weighted by molar-refractivity contribution is 7.99. The molecule has 0 saturated carbocycles. The first kappa shape index (κ1) is 22.0. The molecule has 1 aromatic carbocycles. The van der Waals surface area contributed by atoms with Gasteiger partial charge >= 0.3 is 0 Å². The molecule has 2 heterocycles. The first-order chi connectivity index (χ1) is 14.2. The Bertz CT molecular complexity index is 1140. The van der Waals surface area contributed by atoms with E-state index in [4.69, 9.17) is 17.3 Å². The van der Waals surface area contributed by atoms with Crippen LogP contribution in [0.4, 0.5) is 14.5 Å². The lowest BCUT2D eigenvalue weighted by molar-refractivity contribution is -0.116. The molecule has 0 fully saturated rings. The number of hydrogen-bond donors (Lipinski definition) is 2. The zero-order chi connectivity index (χ0) is 22.0. The number of fused-ring (bicyclic) bond motifs is 1. The van der Waals surface area contributed by atoms with Gasteiger partial charge in [0.05, 0.1) is 21.8 Å². The molecule has 0 atom stereocenters. The van der Waals surface area contributed by atoms with Gasteiger partial charge in [0.25, 0.3) is 11.7 Å². The third kappa shape index (κ3) is 4.54. The van der Waals surface area contributed by atoms with Crippen molar-refractivity contribution >= 4 is 46.5 Å². The minimum atomic E-state index is -2.66. The predicted molar refractivity (Wildman–Crippen MR) is 111 cm³/mol. The number of amides is 2. The molecule has 0 aliphatic rings. The van der Waals surface area contributed by atoms with E-state index < -0.39 is 11.7 Å². The second-order valence-corrected chi connectivity index (χ2v) is 7.87. The van der Waals surface area contributed by atoms with Crippen molar-refractivity contribution in [2.45, 2.75) is 37.3 Å². The summed E-state index contributed by atoms with van der Waals surface area (Å²) in [5.74, 6) is -3.64. The lowest BCUT2D eigenvalue weighted by atomic mass is 10.1. The standard InChI is InChI=1S/C19H18ClF2N5O2S/c1-9-11(10(2)27-18(25-9)12(8-24-27)17(23)29)6-7-15(28)26-14-5-3-4-13(20)16(14)30-19(21)22/h3-5,8,19H,6-7H2,1-2H3,(H2,23,29)(H,26,28). The molecule has 0 unspecified atom stereocenters. The van der Waals surface area contributed by atoms with Crippen molar-refractivity contribution in [3.63, 3.8) is 0 Å². The van der Waals surface area contributed by atoms with Crippen LogP contribution in [0.5, 0.6) is 0 Å². The Morgan fingerprint density at radius 1 is 1.33 bits per heavy atom. The third-order valence-corrected chi connectivity index (χ3v) is 5.80. The Morgan fingerprint density at radius 3 is 2.73 bits per heavy atom. The molecule has 3 rings (SSSR count). The summed E-state index contributed by atoms with van der Waals surface area (Å²) in [5, 5.41) is 6.93. The molecule has 11 heteroatoms. The molecule has 30 heavy (non-hydrogen) atoms. The quantitative estimate of drug-likeness (QED) is 0.527. The number of halogens is 3. The maximum Gasteiger partial charge on any atom is 0.289 e. The van der Waals surface area contributed by atoms with Crippen LogP contribution in [0.1, 0.15) is 33.7 Å². The number of nitrogens with one attached hydrogen (secondary N) is 1. The van der Waals surface area contributed by atoms with Crippen LogP contribution < -0.4 is 11.1 Å². The number of rotatable bonds is 7. The molecule has 0 aliphatic heterocycles. The SMILES string of the molecule is Cc1nc2c(C(N)=O)cnn2c(C)c1CCC(=O)Nc1cccc(Cl)c1SC(F)F. The summed E-state index contributed by atoms with van der Waals surface area (Å²) in [6, 6.07) is 4.58. The van der Waals surface area contributed by atoms with Crippen molar-refractivity contribution in [2.24, 2.45) is 5.73 Å². The highest BCUT2D eigenvalue weighted by Crippen LogP contribution is 2.37. The van der Waals surface area contributed by atoms with Crippen molar-refractivity contribution in [1.82, 2.24) is 14.6 Å². The number of alkyl halides is 2. The fourth-order valence-electron chi connectivity index (χ4n) is 3.11. The topological polar surface area (TPSA) is 102 Å². The number of anilines is 1. The molecular formula is C19H18ClF2N5O2S. The van der Waals surface area contributed by atoms with Crippen molar-refractivity contribution < 1.29 is 18.4 Å². The summed E-state index contributed by atoms with van der Waals surface area (Å²) < 4.78 is 27.1. The first-order valence-corrected chi connectivity index (χ1v) is 10.1. The van der Waals surface area contributed by atoms with Crippen LogP contribution in [0.25, 0.3) is 5.65 Å². The number of benzene rings is 1. The van der Waals surface area contributed by atoms with Crippen LogP contribution in [0.2, 0.25) is 5.02 Å². The van der Waals surface area contributed by atoms with Gasteiger partial charge in [-0.15, -0.1) is 0 Å². The van der Waals surface area contributed by atoms with Gasteiger partial charge in [-0.3, -0.25) is 9.59 Å². The maximum absolute atomic E-state index is 12.8. The smallest absolute Gasteiger partial charge is 0.289 e. The second kappa shape index (κ2) is 8.97. The normalized spacial score (nSPS) is 11.3. The van der Waals surface area contributed by atoms with E-state index in [0.717, 1.165) is 11.3 Å². The average molecular weight is 454 g/mol. The van der Waals surface area contributed by atoms with Crippen LogP contribution >= 0.6 is 23.4 Å². The third-order valence-electron chi connectivity index (χ3n) is 4.52. The van der Waals surface area contributed by atoms with Gasteiger partial charge in [-0.2, -0.15) is 13.9 Å². The zero-order valence-electron chi connectivity index (χ0n) is 16.1. The molecule has 3 N–H and O–H groups in total. The summed E-state index contributed by atoms with van der Waals surface area (Å²) >= 11 is 6.27. The first-order valence-electron chi connectivity index (χ1n) is 8.85. The fraction of sp³-hybridized carbons (Fsp3) is 0.263. The lowest BCUT2D eigenvalue weighted by Crippen LogP contribution is -2.15. The number of primary amides is 1. The van der Waals surface area contributed by atoms with Gasteiger partial charge in [0, 0.05) is 17.8 Å². The van der Waals surface area contributed by atoms with Gasteiger partial charge < -0.3 is 11.1 Å². The fourth-order valence-corrected chi connectivity index (χ4v) is 4.03. The molecule has 0 aliphatic carbocycles. The Hall–Kier alpha value is -2.72. The van der Waals surface area contributed by atoms with Crippen molar-refractivity contribution in [1.29, 1.82) is 0 Å². The summed E-state index contributed by atoms with van der Waals surface area (Å²) in [7, 11) is 0. The number of nitrogens with two attached hydrogens (primary N) is 1. The summed E-state index contributed by atoms with van der Waals surface area (Å²) in [5.41, 5.74) is 8.33. The molecular weight excluding hydrogens is 436 g/mol. The number of thioether (sulfide) groups is 1. The maximum atomic E-state index is 12.8. The minimum absolute atomic E-state index is 0.0874. The van der Waals surface area contributed by atoms with Crippen molar-refractivity contribution in [3.05, 3.63) is 51.9 Å². The van der Waals surface area contributed by atoms with Gasteiger partial charge in [0.1, 0.15) is 5.56 Å². The number of carbonyl (C=O) groups excluding carboxylic acids is 2. The van der Waals surface area contributed by atoms with Crippen LogP contribution in [0, 0.1) is 13.8 Å². The molecule has 3 aromatic rings. The zero-order valence-corrected chi connectivity index (χ0v) is 17.7. The van der Waals surface area contributed by atoms with E-state index in [-0.39, 0.29) is 45.3 Å².